The second-order valence-corrected chi connectivity index (χ2v) is 8.82. The van der Waals surface area contributed by atoms with Gasteiger partial charge in [0.15, 0.2) is 0 Å². The molecular weight excluding hydrogens is 364 g/mol. The van der Waals surface area contributed by atoms with Crippen molar-refractivity contribution in [2.24, 2.45) is 11.8 Å². The molecule has 0 fully saturated rings. The second-order valence-electron chi connectivity index (χ2n) is 8.82. The molecule has 0 aliphatic rings. The van der Waals surface area contributed by atoms with Crippen LogP contribution in [0, 0.1) is 11.8 Å². The van der Waals surface area contributed by atoms with Gasteiger partial charge in [0.05, 0.1) is 11.8 Å². The zero-order valence-corrected chi connectivity index (χ0v) is 19.3. The zero-order valence-electron chi connectivity index (χ0n) is 19.3. The van der Waals surface area contributed by atoms with Gasteiger partial charge in [-0.2, -0.15) is 0 Å². The molecule has 0 rings (SSSR count). The third-order valence-electron chi connectivity index (χ3n) is 6.12. The smallest absolute Gasteiger partial charge is 0.306 e. The van der Waals surface area contributed by atoms with Gasteiger partial charge >= 0.3 is 11.9 Å². The first-order chi connectivity index (χ1) is 14.0. The highest BCUT2D eigenvalue weighted by atomic mass is 16.4. The average molecular weight is 413 g/mol. The molecule has 0 aliphatic carbocycles. The zero-order chi connectivity index (χ0) is 21.7. The minimum absolute atomic E-state index is 0.223. The van der Waals surface area contributed by atoms with Crippen molar-refractivity contribution in [3.8, 4) is 0 Å². The molecule has 29 heavy (non-hydrogen) atoms. The van der Waals surface area contributed by atoms with E-state index < -0.39 is 11.9 Å². The van der Waals surface area contributed by atoms with Gasteiger partial charge in [0.1, 0.15) is 0 Å². The minimum Gasteiger partial charge on any atom is -0.481 e. The van der Waals surface area contributed by atoms with Crippen molar-refractivity contribution in [2.45, 2.75) is 136 Å². The molecule has 0 spiro atoms. The van der Waals surface area contributed by atoms with Gasteiger partial charge in [0.25, 0.3) is 0 Å². The molecule has 0 aromatic rings. The fraction of sp³-hybridized carbons (Fsp3) is 0.920. The van der Waals surface area contributed by atoms with Crippen LogP contribution >= 0.6 is 0 Å². The maximum Gasteiger partial charge on any atom is 0.306 e. The van der Waals surface area contributed by atoms with Crippen molar-refractivity contribution in [3.63, 3.8) is 0 Å². The number of carbonyl (C=O) groups is 2. The molecule has 0 radical (unpaired) electrons. The quantitative estimate of drug-likeness (QED) is 0.178. The van der Waals surface area contributed by atoms with Crippen LogP contribution in [0.15, 0.2) is 0 Å². The van der Waals surface area contributed by atoms with Crippen LogP contribution in [0.25, 0.3) is 0 Å². The third-order valence-corrected chi connectivity index (χ3v) is 6.12. The highest BCUT2D eigenvalue weighted by molar-refractivity contribution is 5.70. The summed E-state index contributed by atoms with van der Waals surface area (Å²) in [6, 6.07) is 0. The molecule has 2 atom stereocenters. The Hall–Kier alpha value is -1.06. The van der Waals surface area contributed by atoms with E-state index in [2.05, 4.69) is 13.8 Å². The van der Waals surface area contributed by atoms with E-state index in [1.54, 1.807) is 0 Å². The van der Waals surface area contributed by atoms with Crippen LogP contribution in [0.4, 0.5) is 0 Å². The number of hydrogen-bond acceptors (Lipinski definition) is 2. The lowest BCUT2D eigenvalue weighted by Gasteiger charge is -2.14. The fourth-order valence-corrected chi connectivity index (χ4v) is 4.08. The first-order valence-corrected chi connectivity index (χ1v) is 12.5. The van der Waals surface area contributed by atoms with Gasteiger partial charge in [-0.25, -0.2) is 0 Å². The summed E-state index contributed by atoms with van der Waals surface area (Å²) in [5.74, 6) is -1.77. The molecule has 0 amide bonds. The summed E-state index contributed by atoms with van der Waals surface area (Å²) in [6.45, 7) is 4.40. The van der Waals surface area contributed by atoms with E-state index in [-0.39, 0.29) is 11.8 Å². The molecule has 0 saturated carbocycles. The molecule has 4 nitrogen and oxygen atoms in total. The largest absolute Gasteiger partial charge is 0.481 e. The van der Waals surface area contributed by atoms with Crippen LogP contribution in [0.5, 0.6) is 0 Å². The number of unbranched alkanes of at least 4 members (excludes halogenated alkanes) is 12. The summed E-state index contributed by atoms with van der Waals surface area (Å²) in [4.78, 5) is 22.9. The highest BCUT2D eigenvalue weighted by Crippen LogP contribution is 2.22. The van der Waals surface area contributed by atoms with E-state index in [1.165, 1.54) is 51.4 Å². The first-order valence-electron chi connectivity index (χ1n) is 12.5. The Kier molecular flexibility index (Phi) is 19.5. The molecule has 0 aromatic heterocycles. The van der Waals surface area contributed by atoms with Crippen LogP contribution in [0.1, 0.15) is 136 Å². The van der Waals surface area contributed by atoms with E-state index in [0.29, 0.717) is 0 Å². The summed E-state index contributed by atoms with van der Waals surface area (Å²) in [6.07, 6.45) is 20.1. The minimum atomic E-state index is -0.662. The maximum atomic E-state index is 11.5. The molecular formula is C25H48O4. The molecule has 0 heterocycles. The molecule has 4 heteroatoms. The SMILES string of the molecule is CCCCCCCCC(CCCCCC(CCCCCCCC)C(=O)O)C(=O)O. The van der Waals surface area contributed by atoms with Gasteiger partial charge in [0, 0.05) is 0 Å². The molecule has 2 unspecified atom stereocenters. The van der Waals surface area contributed by atoms with Crippen molar-refractivity contribution in [2.75, 3.05) is 0 Å². The van der Waals surface area contributed by atoms with Crippen LogP contribution in [0.3, 0.4) is 0 Å². The van der Waals surface area contributed by atoms with Crippen LogP contribution in [-0.4, -0.2) is 22.2 Å². The predicted octanol–water partition coefficient (Wildman–Crippen LogP) is 7.84. The van der Waals surface area contributed by atoms with Gasteiger partial charge in [-0.15, -0.1) is 0 Å². The predicted molar refractivity (Wildman–Crippen MR) is 121 cm³/mol. The second kappa shape index (κ2) is 20.2. The summed E-state index contributed by atoms with van der Waals surface area (Å²) >= 11 is 0. The third kappa shape index (κ3) is 17.5. The van der Waals surface area contributed by atoms with Gasteiger partial charge in [-0.05, 0) is 25.7 Å². The number of carboxylic acid groups (broad SMARTS) is 2. The van der Waals surface area contributed by atoms with Crippen LogP contribution < -0.4 is 0 Å². The topological polar surface area (TPSA) is 74.6 Å². The van der Waals surface area contributed by atoms with Crippen LogP contribution in [0.2, 0.25) is 0 Å². The van der Waals surface area contributed by atoms with E-state index in [1.807, 2.05) is 0 Å². The van der Waals surface area contributed by atoms with Gasteiger partial charge in [-0.1, -0.05) is 110 Å². The molecule has 2 N–H and O–H groups in total. The van der Waals surface area contributed by atoms with Crippen LogP contribution in [-0.2, 0) is 9.59 Å². The average Bonchev–Trinajstić information content (AvgIpc) is 2.69. The number of carboxylic acids is 2. The van der Waals surface area contributed by atoms with E-state index in [9.17, 15) is 19.8 Å². The van der Waals surface area contributed by atoms with E-state index in [4.69, 9.17) is 0 Å². The lowest BCUT2D eigenvalue weighted by atomic mass is 9.92. The normalized spacial score (nSPS) is 13.3. The summed E-state index contributed by atoms with van der Waals surface area (Å²) in [5.41, 5.74) is 0. The molecule has 0 bridgehead atoms. The van der Waals surface area contributed by atoms with Crippen molar-refractivity contribution >= 4 is 11.9 Å². The Bertz CT molecular complexity index is 358. The first kappa shape index (κ1) is 27.9. The van der Waals surface area contributed by atoms with Gasteiger partial charge in [0.2, 0.25) is 0 Å². The molecule has 0 saturated heterocycles. The van der Waals surface area contributed by atoms with E-state index in [0.717, 1.165) is 70.6 Å². The maximum absolute atomic E-state index is 11.5. The number of rotatable bonds is 22. The summed E-state index contributed by atoms with van der Waals surface area (Å²) in [5, 5.41) is 18.9. The fourth-order valence-electron chi connectivity index (χ4n) is 4.08. The van der Waals surface area contributed by atoms with Crippen molar-refractivity contribution in [3.05, 3.63) is 0 Å². The van der Waals surface area contributed by atoms with Gasteiger partial charge < -0.3 is 10.2 Å². The number of hydrogen-bond donors (Lipinski definition) is 2. The highest BCUT2D eigenvalue weighted by Gasteiger charge is 2.18. The molecule has 0 aromatic carbocycles. The van der Waals surface area contributed by atoms with Crippen molar-refractivity contribution in [1.82, 2.24) is 0 Å². The Balaban J connectivity index is 3.87. The summed E-state index contributed by atoms with van der Waals surface area (Å²) in [7, 11) is 0. The molecule has 0 aliphatic heterocycles. The standard InChI is InChI=1S/C25H48O4/c1-3-5-7-9-11-14-18-22(24(26)27)20-16-13-17-21-23(25(28)29)19-15-12-10-8-6-4-2/h22-23H,3-21H2,1-2H3,(H,26,27)(H,28,29). The Morgan fingerprint density at radius 1 is 0.483 bits per heavy atom. The lowest BCUT2D eigenvalue weighted by molar-refractivity contribution is -0.143. The Morgan fingerprint density at radius 3 is 1.00 bits per heavy atom. The Morgan fingerprint density at radius 2 is 0.724 bits per heavy atom. The molecule has 172 valence electrons. The van der Waals surface area contributed by atoms with E-state index >= 15 is 0 Å². The lowest BCUT2D eigenvalue weighted by Crippen LogP contribution is -2.14. The Labute approximate surface area is 179 Å². The van der Waals surface area contributed by atoms with Crippen molar-refractivity contribution in [1.29, 1.82) is 0 Å². The van der Waals surface area contributed by atoms with Gasteiger partial charge in [-0.3, -0.25) is 9.59 Å². The summed E-state index contributed by atoms with van der Waals surface area (Å²) < 4.78 is 0. The monoisotopic (exact) mass is 412 g/mol. The number of aliphatic carboxylic acids is 2. The van der Waals surface area contributed by atoms with Crippen molar-refractivity contribution < 1.29 is 19.8 Å².